The number of hydrogen-bond acceptors (Lipinski definition) is 2. The quantitative estimate of drug-likeness (QED) is 0.826. The van der Waals surface area contributed by atoms with Crippen LogP contribution in [-0.2, 0) is 0 Å². The third-order valence-electron chi connectivity index (χ3n) is 2.16. The minimum absolute atomic E-state index is 0.679. The standard InChI is InChI=1S/C9H16BrNS/c1-7(10)6-11-9-4-3-5-12-8(9)2/h8-9,11H,1,3-6H2,2H3. The maximum absolute atomic E-state index is 3.81. The van der Waals surface area contributed by atoms with Gasteiger partial charge in [-0.25, -0.2) is 0 Å². The van der Waals surface area contributed by atoms with E-state index in [0.717, 1.165) is 16.3 Å². The molecule has 3 heteroatoms. The van der Waals surface area contributed by atoms with Gasteiger partial charge >= 0.3 is 0 Å². The molecule has 12 heavy (non-hydrogen) atoms. The molecule has 1 rings (SSSR count). The summed E-state index contributed by atoms with van der Waals surface area (Å²) in [5.74, 6) is 1.33. The monoisotopic (exact) mass is 249 g/mol. The van der Waals surface area contributed by atoms with Crippen LogP contribution in [0.2, 0.25) is 0 Å². The van der Waals surface area contributed by atoms with E-state index in [9.17, 15) is 0 Å². The second-order valence-electron chi connectivity index (χ2n) is 3.22. The SMILES string of the molecule is C=C(Br)CNC1CCCSC1C. The van der Waals surface area contributed by atoms with Gasteiger partial charge in [-0.2, -0.15) is 11.8 Å². The molecule has 0 bridgehead atoms. The van der Waals surface area contributed by atoms with Crippen LogP contribution in [0.15, 0.2) is 11.1 Å². The minimum atomic E-state index is 0.679. The summed E-state index contributed by atoms with van der Waals surface area (Å²) in [6.07, 6.45) is 2.66. The van der Waals surface area contributed by atoms with E-state index in [0.29, 0.717) is 6.04 Å². The smallest absolute Gasteiger partial charge is 0.0268 e. The molecule has 0 aromatic carbocycles. The largest absolute Gasteiger partial charge is 0.308 e. The Bertz CT molecular complexity index is 161. The predicted molar refractivity (Wildman–Crippen MR) is 61.0 cm³/mol. The van der Waals surface area contributed by atoms with Crippen LogP contribution in [0.25, 0.3) is 0 Å². The van der Waals surface area contributed by atoms with E-state index in [-0.39, 0.29) is 0 Å². The summed E-state index contributed by atoms with van der Waals surface area (Å²) in [6.45, 7) is 7.01. The highest BCUT2D eigenvalue weighted by atomic mass is 79.9. The minimum Gasteiger partial charge on any atom is -0.308 e. The lowest BCUT2D eigenvalue weighted by Crippen LogP contribution is -2.39. The van der Waals surface area contributed by atoms with E-state index in [4.69, 9.17) is 0 Å². The number of halogens is 1. The van der Waals surface area contributed by atoms with Gasteiger partial charge in [-0.1, -0.05) is 29.4 Å². The van der Waals surface area contributed by atoms with Crippen LogP contribution in [0.3, 0.4) is 0 Å². The Morgan fingerprint density at radius 1 is 1.75 bits per heavy atom. The molecule has 2 unspecified atom stereocenters. The number of rotatable bonds is 3. The van der Waals surface area contributed by atoms with Gasteiger partial charge in [0.1, 0.15) is 0 Å². The van der Waals surface area contributed by atoms with Crippen LogP contribution >= 0.6 is 27.7 Å². The van der Waals surface area contributed by atoms with Gasteiger partial charge in [-0.15, -0.1) is 0 Å². The zero-order valence-electron chi connectivity index (χ0n) is 7.48. The molecule has 0 aromatic heterocycles. The lowest BCUT2D eigenvalue weighted by atomic mass is 10.1. The fraction of sp³-hybridized carbons (Fsp3) is 0.778. The Morgan fingerprint density at radius 2 is 2.50 bits per heavy atom. The first-order chi connectivity index (χ1) is 5.70. The summed E-state index contributed by atoms with van der Waals surface area (Å²) in [7, 11) is 0. The molecule has 1 N–H and O–H groups in total. The van der Waals surface area contributed by atoms with Crippen molar-refractivity contribution in [3.05, 3.63) is 11.1 Å². The molecule has 0 saturated carbocycles. The Kier molecular flexibility index (Phi) is 4.69. The highest BCUT2D eigenvalue weighted by Crippen LogP contribution is 2.25. The van der Waals surface area contributed by atoms with Gasteiger partial charge < -0.3 is 5.32 Å². The van der Waals surface area contributed by atoms with E-state index in [1.54, 1.807) is 0 Å². The van der Waals surface area contributed by atoms with Crippen LogP contribution in [-0.4, -0.2) is 23.6 Å². The first-order valence-corrected chi connectivity index (χ1v) is 6.22. The van der Waals surface area contributed by atoms with Gasteiger partial charge in [-0.3, -0.25) is 0 Å². The molecule has 1 nitrogen and oxygen atoms in total. The normalized spacial score (nSPS) is 30.2. The van der Waals surface area contributed by atoms with Crippen LogP contribution in [0.1, 0.15) is 19.8 Å². The average Bonchev–Trinajstić information content (AvgIpc) is 2.03. The highest BCUT2D eigenvalue weighted by molar-refractivity contribution is 9.11. The van der Waals surface area contributed by atoms with Crippen molar-refractivity contribution in [2.45, 2.75) is 31.1 Å². The molecular weight excluding hydrogens is 234 g/mol. The summed E-state index contributed by atoms with van der Waals surface area (Å²) in [5, 5.41) is 4.26. The number of hydrogen-bond donors (Lipinski definition) is 1. The van der Waals surface area contributed by atoms with Crippen molar-refractivity contribution >= 4 is 27.7 Å². The molecule has 0 spiro atoms. The zero-order valence-corrected chi connectivity index (χ0v) is 9.88. The van der Waals surface area contributed by atoms with Gasteiger partial charge in [0.05, 0.1) is 0 Å². The molecular formula is C9H16BrNS. The molecule has 0 aliphatic carbocycles. The van der Waals surface area contributed by atoms with Crippen molar-refractivity contribution in [1.29, 1.82) is 0 Å². The molecule has 70 valence electrons. The van der Waals surface area contributed by atoms with Crippen molar-refractivity contribution in [3.8, 4) is 0 Å². The molecule has 0 aromatic rings. The molecule has 1 saturated heterocycles. The first kappa shape index (κ1) is 10.6. The lowest BCUT2D eigenvalue weighted by molar-refractivity contribution is 0.483. The topological polar surface area (TPSA) is 12.0 Å². The predicted octanol–water partition coefficient (Wildman–Crippen LogP) is 2.77. The van der Waals surface area contributed by atoms with Gasteiger partial charge in [0.15, 0.2) is 0 Å². The Labute approximate surface area is 87.5 Å². The second kappa shape index (κ2) is 5.30. The van der Waals surface area contributed by atoms with Gasteiger partial charge in [0.25, 0.3) is 0 Å². The van der Waals surface area contributed by atoms with E-state index in [1.165, 1.54) is 18.6 Å². The van der Waals surface area contributed by atoms with Crippen molar-refractivity contribution in [2.75, 3.05) is 12.3 Å². The summed E-state index contributed by atoms with van der Waals surface area (Å²) in [4.78, 5) is 0. The highest BCUT2D eigenvalue weighted by Gasteiger charge is 2.20. The summed E-state index contributed by atoms with van der Waals surface area (Å²) < 4.78 is 1.05. The Hall–Kier alpha value is 0.530. The molecule has 0 amide bonds. The second-order valence-corrected chi connectivity index (χ2v) is 5.83. The van der Waals surface area contributed by atoms with Gasteiger partial charge in [-0.05, 0) is 18.6 Å². The molecule has 1 aliphatic heterocycles. The van der Waals surface area contributed by atoms with E-state index >= 15 is 0 Å². The summed E-state index contributed by atoms with van der Waals surface area (Å²) in [6, 6.07) is 0.679. The van der Waals surface area contributed by atoms with Crippen LogP contribution in [0.5, 0.6) is 0 Å². The molecule has 1 heterocycles. The van der Waals surface area contributed by atoms with E-state index in [2.05, 4.69) is 46.5 Å². The van der Waals surface area contributed by atoms with Gasteiger partial charge in [0, 0.05) is 22.3 Å². The molecule has 0 radical (unpaired) electrons. The lowest BCUT2D eigenvalue weighted by Gasteiger charge is -2.29. The van der Waals surface area contributed by atoms with Crippen molar-refractivity contribution in [1.82, 2.24) is 5.32 Å². The van der Waals surface area contributed by atoms with E-state index in [1.807, 2.05) is 0 Å². The van der Waals surface area contributed by atoms with Crippen LogP contribution in [0, 0.1) is 0 Å². The van der Waals surface area contributed by atoms with Gasteiger partial charge in [0.2, 0.25) is 0 Å². The van der Waals surface area contributed by atoms with Crippen molar-refractivity contribution in [3.63, 3.8) is 0 Å². The molecule has 1 aliphatic rings. The Morgan fingerprint density at radius 3 is 3.08 bits per heavy atom. The maximum Gasteiger partial charge on any atom is 0.0268 e. The maximum atomic E-state index is 3.81. The summed E-state index contributed by atoms with van der Waals surface area (Å²) in [5.41, 5.74) is 0. The fourth-order valence-electron chi connectivity index (χ4n) is 1.43. The first-order valence-electron chi connectivity index (χ1n) is 4.38. The third kappa shape index (κ3) is 3.50. The third-order valence-corrected chi connectivity index (χ3v) is 3.82. The van der Waals surface area contributed by atoms with Crippen LogP contribution < -0.4 is 5.32 Å². The number of nitrogens with one attached hydrogen (secondary N) is 1. The van der Waals surface area contributed by atoms with E-state index < -0.39 is 0 Å². The Balaban J connectivity index is 2.24. The summed E-state index contributed by atoms with van der Waals surface area (Å²) >= 11 is 5.43. The van der Waals surface area contributed by atoms with Crippen molar-refractivity contribution < 1.29 is 0 Å². The van der Waals surface area contributed by atoms with Crippen molar-refractivity contribution in [2.24, 2.45) is 0 Å². The van der Waals surface area contributed by atoms with Crippen LogP contribution in [0.4, 0.5) is 0 Å². The zero-order chi connectivity index (χ0) is 8.97. The molecule has 1 fully saturated rings. The molecule has 2 atom stereocenters. The number of thioether (sulfide) groups is 1. The fourth-order valence-corrected chi connectivity index (χ4v) is 2.76. The average molecular weight is 250 g/mol.